The minimum atomic E-state index is -3.41. The SMILES string of the molecule is C.C.C.C.CNP(=O)(OC)OC.CNS(=O)(=O)OC.CNS(=O)OC.CNS(C)(=O)=O.CNS(C)=O. The Balaban J connectivity index is -0.0000000355. The molecule has 2 atom stereocenters. The van der Waals surface area contributed by atoms with Gasteiger partial charge in [-0.15, -0.1) is 0 Å². The Morgan fingerprint density at radius 2 is 1.03 bits per heavy atom. The summed E-state index contributed by atoms with van der Waals surface area (Å²) in [4.78, 5) is 0. The number of hydrogen-bond donors (Lipinski definition) is 5. The first-order chi connectivity index (χ1) is 14.4. The van der Waals surface area contributed by atoms with E-state index in [4.69, 9.17) is 0 Å². The van der Waals surface area contributed by atoms with Crippen LogP contribution in [0.15, 0.2) is 0 Å². The minimum absolute atomic E-state index is 0. The average molecular weight is 640 g/mol. The van der Waals surface area contributed by atoms with Gasteiger partial charge in [-0.05, 0) is 28.2 Å². The molecule has 5 N–H and O–H groups in total. The quantitative estimate of drug-likeness (QED) is 0.216. The molecule has 0 spiro atoms. The van der Waals surface area contributed by atoms with Crippen LogP contribution in [0.1, 0.15) is 29.7 Å². The van der Waals surface area contributed by atoms with Crippen LogP contribution in [-0.4, -0.2) is 101 Å². The van der Waals surface area contributed by atoms with E-state index >= 15 is 0 Å². The second-order valence-corrected chi connectivity index (χ2v) is 12.5. The van der Waals surface area contributed by atoms with Crippen molar-refractivity contribution < 1.29 is 47.2 Å². The molecule has 234 valence electrons. The lowest BCUT2D eigenvalue weighted by atomic mass is 11.6. The van der Waals surface area contributed by atoms with Crippen molar-refractivity contribution in [3.63, 3.8) is 0 Å². The van der Waals surface area contributed by atoms with Gasteiger partial charge in [0.25, 0.3) is 0 Å². The highest BCUT2D eigenvalue weighted by Crippen LogP contribution is 2.39. The number of hydrogen-bond acceptors (Lipinski definition) is 11. The van der Waals surface area contributed by atoms with Gasteiger partial charge < -0.3 is 9.05 Å². The predicted molar refractivity (Wildman–Crippen MR) is 154 cm³/mol. The van der Waals surface area contributed by atoms with E-state index in [1.54, 1.807) is 20.4 Å². The monoisotopic (exact) mass is 639 g/mol. The van der Waals surface area contributed by atoms with E-state index in [0.717, 1.165) is 13.4 Å². The van der Waals surface area contributed by atoms with Crippen molar-refractivity contribution in [3.8, 4) is 0 Å². The summed E-state index contributed by atoms with van der Waals surface area (Å²) in [6.45, 7) is 0. The molecule has 0 aromatic carbocycles. The second kappa shape index (κ2) is 37.2. The standard InChI is InChI=1S/C3H10NO3P.C2H7NO3S.2C2H7NO2S.C2H7NOS.4CH4/c1-4-8(5,6-2)7-3;1-3-7(4,5)6-2;1-3-6(2,4)5;1-3-6(4)5-2;1-3-5(2)4;;;;/h1-3H3,(H,4,5);3H,1-2H3;2*3H,1-2H3;3H,1-2H3;4*1H4. The van der Waals surface area contributed by atoms with Crippen molar-refractivity contribution in [1.82, 2.24) is 24.0 Å². The molecule has 0 saturated carbocycles. The van der Waals surface area contributed by atoms with Crippen LogP contribution in [0.2, 0.25) is 0 Å². The van der Waals surface area contributed by atoms with Crippen molar-refractivity contribution >= 4 is 50.3 Å². The topological polar surface area (TPSA) is 217 Å². The third-order valence-electron chi connectivity index (χ3n) is 2.20. The van der Waals surface area contributed by atoms with Gasteiger partial charge in [-0.2, -0.15) is 13.1 Å². The number of rotatable bonds is 9. The Morgan fingerprint density at radius 3 is 1.03 bits per heavy atom. The van der Waals surface area contributed by atoms with E-state index in [1.165, 1.54) is 42.5 Å². The first-order valence-corrected chi connectivity index (χ1v) is 15.3. The van der Waals surface area contributed by atoms with E-state index in [-0.39, 0.29) is 29.7 Å². The van der Waals surface area contributed by atoms with Gasteiger partial charge in [0.2, 0.25) is 21.3 Å². The molecule has 0 aliphatic heterocycles. The van der Waals surface area contributed by atoms with Crippen LogP contribution in [0.3, 0.4) is 0 Å². The van der Waals surface area contributed by atoms with Crippen LogP contribution >= 0.6 is 7.75 Å². The predicted octanol–water partition coefficient (Wildman–Crippen LogP) is 0.344. The molecule has 2 unspecified atom stereocenters. The number of nitrogens with one attached hydrogen (secondary N) is 5. The smallest absolute Gasteiger partial charge is 0.300 e. The highest BCUT2D eigenvalue weighted by Gasteiger charge is 2.15. The first kappa shape index (κ1) is 60.5. The molecular formula is C15H54N5O11PS4. The summed E-state index contributed by atoms with van der Waals surface area (Å²) in [6, 6.07) is 0. The van der Waals surface area contributed by atoms with Gasteiger partial charge in [0.15, 0.2) is 0 Å². The van der Waals surface area contributed by atoms with Gasteiger partial charge in [-0.25, -0.2) is 40.7 Å². The summed E-state index contributed by atoms with van der Waals surface area (Å²) in [6.07, 6.45) is 2.69. The molecule has 36 heavy (non-hydrogen) atoms. The highest BCUT2D eigenvalue weighted by molar-refractivity contribution is 7.88. The number of sulfonamides is 1. The van der Waals surface area contributed by atoms with Crippen LogP contribution in [0.25, 0.3) is 0 Å². The molecule has 0 saturated heterocycles. The molecule has 0 fully saturated rings. The molecule has 0 rings (SSSR count). The first-order valence-electron chi connectivity index (χ1n) is 7.87. The maximum atomic E-state index is 10.8. The zero-order chi connectivity index (χ0) is 27.0. The summed E-state index contributed by atoms with van der Waals surface area (Å²) in [7, 11) is 2.40. The highest BCUT2D eigenvalue weighted by atomic mass is 32.2. The maximum absolute atomic E-state index is 10.8. The fraction of sp³-hybridized carbons (Fsp3) is 1.00. The van der Waals surface area contributed by atoms with Crippen molar-refractivity contribution in [1.29, 1.82) is 0 Å². The Morgan fingerprint density at radius 1 is 0.722 bits per heavy atom. The van der Waals surface area contributed by atoms with Crippen LogP contribution in [0.5, 0.6) is 0 Å². The Kier molecular flexibility index (Phi) is 62.6. The van der Waals surface area contributed by atoms with E-state index in [0.29, 0.717) is 0 Å². The summed E-state index contributed by atoms with van der Waals surface area (Å²) < 4.78 is 96.4. The average Bonchev–Trinajstić information content (AvgIpc) is 2.78. The van der Waals surface area contributed by atoms with E-state index < -0.39 is 50.3 Å². The molecule has 0 aliphatic rings. The van der Waals surface area contributed by atoms with Crippen LogP contribution in [0.4, 0.5) is 0 Å². The molecule has 21 heteroatoms. The van der Waals surface area contributed by atoms with Crippen LogP contribution < -0.4 is 24.0 Å². The van der Waals surface area contributed by atoms with Crippen molar-refractivity contribution in [3.05, 3.63) is 0 Å². The van der Waals surface area contributed by atoms with E-state index in [1.807, 2.05) is 4.72 Å². The van der Waals surface area contributed by atoms with Crippen LogP contribution in [-0.2, 0) is 64.6 Å². The largest absolute Gasteiger partial charge is 0.404 e. The molecule has 0 amide bonds. The van der Waals surface area contributed by atoms with Gasteiger partial charge in [-0.1, -0.05) is 29.7 Å². The lowest BCUT2D eigenvalue weighted by Gasteiger charge is -2.09. The molecular weight excluding hydrogens is 585 g/mol. The van der Waals surface area contributed by atoms with Gasteiger partial charge >= 0.3 is 18.1 Å². The maximum Gasteiger partial charge on any atom is 0.404 e. The zero-order valence-electron chi connectivity index (χ0n) is 20.1. The fourth-order valence-electron chi connectivity index (χ4n) is 0.424. The third-order valence-corrected chi connectivity index (χ3v) is 6.60. The Bertz CT molecular complexity index is 692. The second-order valence-electron chi connectivity index (χ2n) is 4.15. The van der Waals surface area contributed by atoms with Crippen LogP contribution in [0, 0.1) is 0 Å². The minimum Gasteiger partial charge on any atom is -0.300 e. The molecule has 0 aromatic rings. The van der Waals surface area contributed by atoms with Crippen molar-refractivity contribution in [2.75, 3.05) is 76.2 Å². The molecule has 0 bridgehead atoms. The van der Waals surface area contributed by atoms with E-state index in [2.05, 4.69) is 36.7 Å². The summed E-state index contributed by atoms with van der Waals surface area (Å²) >= 11 is -1.28. The van der Waals surface area contributed by atoms with Gasteiger partial charge in [0.1, 0.15) is 0 Å². The normalized spacial score (nSPS) is 11.3. The summed E-state index contributed by atoms with van der Waals surface area (Å²) in [5.41, 5.74) is 0. The Hall–Kier alpha value is 0.0700. The zero-order valence-corrected chi connectivity index (χ0v) is 24.2. The molecule has 0 radical (unpaired) electrons. The lowest BCUT2D eigenvalue weighted by molar-refractivity contribution is 0.267. The molecule has 0 heterocycles. The van der Waals surface area contributed by atoms with Gasteiger partial charge in [-0.3, -0.25) is 8.37 Å². The van der Waals surface area contributed by atoms with Gasteiger partial charge in [0.05, 0.1) is 31.5 Å². The lowest BCUT2D eigenvalue weighted by Crippen LogP contribution is -2.19. The molecule has 16 nitrogen and oxygen atoms in total. The van der Waals surface area contributed by atoms with Crippen molar-refractivity contribution in [2.45, 2.75) is 29.7 Å². The van der Waals surface area contributed by atoms with Gasteiger partial charge in [0, 0.05) is 27.5 Å². The Labute approximate surface area is 227 Å². The van der Waals surface area contributed by atoms with Crippen molar-refractivity contribution in [2.24, 2.45) is 0 Å². The fourth-order valence-corrected chi connectivity index (χ4v) is 1.27. The summed E-state index contributed by atoms with van der Waals surface area (Å²) in [5, 5.41) is 2.39. The summed E-state index contributed by atoms with van der Waals surface area (Å²) in [5.74, 6) is 0. The third kappa shape index (κ3) is 64.3. The molecule has 0 aromatic heterocycles. The molecule has 0 aliphatic carbocycles. The van der Waals surface area contributed by atoms with E-state index in [9.17, 15) is 29.8 Å².